The summed E-state index contributed by atoms with van der Waals surface area (Å²) in [5.74, 6) is 0.152. The lowest BCUT2D eigenvalue weighted by atomic mass is 9.89. The molecule has 0 radical (unpaired) electrons. The Morgan fingerprint density at radius 2 is 1.90 bits per heavy atom. The van der Waals surface area contributed by atoms with Crippen molar-refractivity contribution < 1.29 is 23.4 Å². The highest BCUT2D eigenvalue weighted by Crippen LogP contribution is 2.28. The number of aliphatic hydroxyl groups excluding tert-OH is 1. The topological polar surface area (TPSA) is 41.9 Å². The summed E-state index contributed by atoms with van der Waals surface area (Å²) < 4.78 is 33.9. The zero-order valence-electron chi connectivity index (χ0n) is 12.1. The lowest BCUT2D eigenvalue weighted by Gasteiger charge is -2.43. The maximum absolute atomic E-state index is 12.1. The molecule has 21 heavy (non-hydrogen) atoms. The first-order valence-electron chi connectivity index (χ1n) is 6.99. The highest BCUT2D eigenvalue weighted by Gasteiger charge is 2.35. The number of hydrogen-bond acceptors (Lipinski definition) is 4. The van der Waals surface area contributed by atoms with Crippen molar-refractivity contribution in [3.05, 3.63) is 29.8 Å². The van der Waals surface area contributed by atoms with Crippen LogP contribution in [0.1, 0.15) is 18.4 Å². The third kappa shape index (κ3) is 4.12. The third-order valence-corrected chi connectivity index (χ3v) is 4.10. The molecule has 1 aromatic carbocycles. The number of ether oxygens (including phenoxy) is 2. The molecule has 0 aliphatic carbocycles. The van der Waals surface area contributed by atoms with Crippen molar-refractivity contribution in [1.29, 1.82) is 0 Å². The molecule has 1 heterocycles. The number of alkyl halides is 2. The van der Waals surface area contributed by atoms with Crippen molar-refractivity contribution in [1.82, 2.24) is 4.90 Å². The minimum Gasteiger partial charge on any atom is -0.435 e. The van der Waals surface area contributed by atoms with Crippen molar-refractivity contribution >= 4 is 0 Å². The Balaban J connectivity index is 1.99. The molecule has 0 spiro atoms. The van der Waals surface area contributed by atoms with E-state index in [1.54, 1.807) is 12.1 Å². The third-order valence-electron chi connectivity index (χ3n) is 4.10. The molecule has 1 aromatic rings. The molecule has 0 unspecified atom stereocenters. The second-order valence-corrected chi connectivity index (χ2v) is 5.37. The molecule has 118 valence electrons. The van der Waals surface area contributed by atoms with Crippen LogP contribution in [0.3, 0.4) is 0 Å². The van der Waals surface area contributed by atoms with Crippen molar-refractivity contribution in [2.24, 2.45) is 0 Å². The van der Waals surface area contributed by atoms with Gasteiger partial charge in [-0.3, -0.25) is 4.90 Å². The van der Waals surface area contributed by atoms with Gasteiger partial charge in [0.15, 0.2) is 0 Å². The zero-order valence-corrected chi connectivity index (χ0v) is 12.1. The Morgan fingerprint density at radius 1 is 1.29 bits per heavy atom. The van der Waals surface area contributed by atoms with Gasteiger partial charge in [0.2, 0.25) is 0 Å². The second-order valence-electron chi connectivity index (χ2n) is 5.37. The minimum atomic E-state index is -2.81. The number of benzene rings is 1. The van der Waals surface area contributed by atoms with E-state index in [1.807, 2.05) is 7.05 Å². The van der Waals surface area contributed by atoms with E-state index >= 15 is 0 Å². The number of rotatable bonds is 6. The van der Waals surface area contributed by atoms with Gasteiger partial charge in [0.1, 0.15) is 5.75 Å². The molecule has 0 atom stereocenters. The van der Waals surface area contributed by atoms with E-state index in [2.05, 4.69) is 9.64 Å². The zero-order chi connectivity index (χ0) is 15.3. The molecule has 0 amide bonds. The van der Waals surface area contributed by atoms with Crippen molar-refractivity contribution in [3.8, 4) is 5.75 Å². The fourth-order valence-corrected chi connectivity index (χ4v) is 2.63. The van der Waals surface area contributed by atoms with Crippen molar-refractivity contribution in [2.75, 3.05) is 26.9 Å². The molecule has 1 aliphatic heterocycles. The molecule has 1 N–H and O–H groups in total. The van der Waals surface area contributed by atoms with Crippen LogP contribution in [-0.2, 0) is 11.3 Å². The van der Waals surface area contributed by atoms with Gasteiger partial charge in [-0.2, -0.15) is 8.78 Å². The maximum atomic E-state index is 12.1. The predicted octanol–water partition coefficient (Wildman–Crippen LogP) is 2.26. The fraction of sp³-hybridized carbons (Fsp3) is 0.600. The Bertz CT molecular complexity index is 433. The molecule has 1 saturated heterocycles. The second kappa shape index (κ2) is 7.15. The highest BCUT2D eigenvalue weighted by molar-refractivity contribution is 5.27. The molecule has 0 bridgehead atoms. The fourth-order valence-electron chi connectivity index (χ4n) is 2.63. The molecular formula is C15H21F2NO3. The first-order valence-corrected chi connectivity index (χ1v) is 6.99. The maximum Gasteiger partial charge on any atom is 0.387 e. The number of aliphatic hydroxyl groups is 1. The molecule has 1 fully saturated rings. The van der Waals surface area contributed by atoms with Crippen LogP contribution in [0.5, 0.6) is 5.75 Å². The van der Waals surface area contributed by atoms with E-state index < -0.39 is 6.61 Å². The molecular weight excluding hydrogens is 280 g/mol. The van der Waals surface area contributed by atoms with Gasteiger partial charge in [0.05, 0.1) is 6.61 Å². The monoisotopic (exact) mass is 301 g/mol. The molecule has 0 saturated carbocycles. The summed E-state index contributed by atoms with van der Waals surface area (Å²) in [6, 6.07) is 6.59. The van der Waals surface area contributed by atoms with Crippen LogP contribution < -0.4 is 4.74 Å². The van der Waals surface area contributed by atoms with Crippen LogP contribution in [0.4, 0.5) is 8.78 Å². The number of halogens is 2. The number of hydrogen-bond donors (Lipinski definition) is 1. The van der Waals surface area contributed by atoms with Crippen LogP contribution in [0, 0.1) is 0 Å². The van der Waals surface area contributed by atoms with Crippen molar-refractivity contribution in [2.45, 2.75) is 31.5 Å². The van der Waals surface area contributed by atoms with Gasteiger partial charge < -0.3 is 14.6 Å². The lowest BCUT2D eigenvalue weighted by Crippen LogP contribution is -2.52. The Labute approximate surface area is 123 Å². The van der Waals surface area contributed by atoms with Gasteiger partial charge in [-0.1, -0.05) is 12.1 Å². The summed E-state index contributed by atoms with van der Waals surface area (Å²) in [6.07, 6.45) is 1.57. The Kier molecular flexibility index (Phi) is 5.50. The van der Waals surface area contributed by atoms with E-state index in [1.165, 1.54) is 12.1 Å². The van der Waals surface area contributed by atoms with Gasteiger partial charge >= 0.3 is 6.61 Å². The minimum absolute atomic E-state index is 0.0828. The van der Waals surface area contributed by atoms with Crippen LogP contribution in [0.2, 0.25) is 0 Å². The van der Waals surface area contributed by atoms with Gasteiger partial charge in [-0.25, -0.2) is 0 Å². The molecule has 1 aliphatic rings. The average Bonchev–Trinajstić information content (AvgIpc) is 2.49. The smallest absolute Gasteiger partial charge is 0.387 e. The van der Waals surface area contributed by atoms with Gasteiger partial charge in [0.25, 0.3) is 0 Å². The summed E-state index contributed by atoms with van der Waals surface area (Å²) in [6.45, 7) is -0.800. The highest BCUT2D eigenvalue weighted by atomic mass is 19.3. The quantitative estimate of drug-likeness (QED) is 0.875. The first-order chi connectivity index (χ1) is 10.1. The van der Waals surface area contributed by atoms with E-state index in [0.717, 1.165) is 18.4 Å². The van der Waals surface area contributed by atoms with E-state index in [9.17, 15) is 13.9 Å². The van der Waals surface area contributed by atoms with Gasteiger partial charge in [0, 0.05) is 25.3 Å². The van der Waals surface area contributed by atoms with E-state index in [4.69, 9.17) is 4.74 Å². The van der Waals surface area contributed by atoms with Crippen LogP contribution >= 0.6 is 0 Å². The van der Waals surface area contributed by atoms with E-state index in [-0.39, 0.29) is 17.9 Å². The van der Waals surface area contributed by atoms with Crippen LogP contribution in [0.25, 0.3) is 0 Å². The molecule has 4 nitrogen and oxygen atoms in total. The van der Waals surface area contributed by atoms with Gasteiger partial charge in [-0.05, 0) is 37.6 Å². The average molecular weight is 301 g/mol. The summed E-state index contributed by atoms with van der Waals surface area (Å²) in [7, 11) is 1.96. The molecule has 2 rings (SSSR count). The van der Waals surface area contributed by atoms with E-state index in [0.29, 0.717) is 19.8 Å². The van der Waals surface area contributed by atoms with Crippen LogP contribution in [-0.4, -0.2) is 49.0 Å². The van der Waals surface area contributed by atoms with Crippen LogP contribution in [0.15, 0.2) is 24.3 Å². The Hall–Kier alpha value is -1.24. The number of nitrogens with zero attached hydrogens (tertiary/aromatic N) is 1. The van der Waals surface area contributed by atoms with Crippen molar-refractivity contribution in [3.63, 3.8) is 0 Å². The SMILES string of the molecule is CN(Cc1ccc(OC(F)F)cc1)C1(CO)CCOCC1. The molecule has 0 aromatic heterocycles. The largest absolute Gasteiger partial charge is 0.435 e. The summed E-state index contributed by atoms with van der Waals surface area (Å²) in [5.41, 5.74) is 0.717. The summed E-state index contributed by atoms with van der Waals surface area (Å²) in [4.78, 5) is 2.11. The lowest BCUT2D eigenvalue weighted by molar-refractivity contribution is -0.0504. The predicted molar refractivity (Wildman–Crippen MR) is 74.4 cm³/mol. The summed E-state index contributed by atoms with van der Waals surface area (Å²) >= 11 is 0. The first kappa shape index (κ1) is 16.1. The Morgan fingerprint density at radius 3 is 2.43 bits per heavy atom. The van der Waals surface area contributed by atoms with Gasteiger partial charge in [-0.15, -0.1) is 0 Å². The molecule has 6 heteroatoms. The summed E-state index contributed by atoms with van der Waals surface area (Å²) in [5, 5.41) is 9.73. The normalized spacial score (nSPS) is 18.2. The standard InChI is InChI=1S/C15H21F2NO3/c1-18(15(11-19)6-8-20-9-7-15)10-12-2-4-13(5-3-12)21-14(16)17/h2-5,14,19H,6-11H2,1H3. The number of likely N-dealkylation sites (N-methyl/N-ethyl adjacent to an activating group) is 1.